The highest BCUT2D eigenvalue weighted by Gasteiger charge is 2.56. The van der Waals surface area contributed by atoms with Gasteiger partial charge in [0.05, 0.1) is 6.04 Å². The highest BCUT2D eigenvalue weighted by molar-refractivity contribution is 6.07. The summed E-state index contributed by atoms with van der Waals surface area (Å²) < 4.78 is 5.30. The summed E-state index contributed by atoms with van der Waals surface area (Å²) in [4.78, 5) is 32.6. The fourth-order valence-electron chi connectivity index (χ4n) is 3.29. The molecule has 0 aliphatic carbocycles. The molecule has 0 bridgehead atoms. The molecule has 2 atom stereocenters. The van der Waals surface area contributed by atoms with E-state index in [0.29, 0.717) is 31.2 Å². The number of aromatic nitrogens is 2. The van der Waals surface area contributed by atoms with Crippen molar-refractivity contribution in [3.8, 4) is 0 Å². The van der Waals surface area contributed by atoms with Crippen LogP contribution < -0.4 is 5.32 Å². The van der Waals surface area contributed by atoms with Gasteiger partial charge in [-0.05, 0) is 27.2 Å². The van der Waals surface area contributed by atoms with Crippen LogP contribution in [0.4, 0.5) is 4.79 Å². The number of amides is 3. The van der Waals surface area contributed by atoms with Crippen LogP contribution in [0, 0.1) is 0 Å². The van der Waals surface area contributed by atoms with Gasteiger partial charge in [-0.15, -0.1) is 0 Å². The maximum absolute atomic E-state index is 12.7. The third-order valence-corrected chi connectivity index (χ3v) is 4.71. The van der Waals surface area contributed by atoms with Gasteiger partial charge in [-0.2, -0.15) is 4.98 Å². The van der Waals surface area contributed by atoms with Gasteiger partial charge in [-0.25, -0.2) is 4.79 Å². The zero-order valence-electron chi connectivity index (χ0n) is 14.0. The van der Waals surface area contributed by atoms with Crippen LogP contribution in [0.1, 0.15) is 51.9 Å². The van der Waals surface area contributed by atoms with E-state index in [4.69, 9.17) is 4.52 Å². The lowest BCUT2D eigenvalue weighted by Gasteiger charge is -2.25. The molecule has 1 N–H and O–H groups in total. The van der Waals surface area contributed by atoms with Crippen molar-refractivity contribution in [2.75, 3.05) is 13.1 Å². The number of urea groups is 1. The molecule has 2 aliphatic rings. The van der Waals surface area contributed by atoms with Crippen LogP contribution in [-0.4, -0.2) is 56.5 Å². The number of nitrogens with zero attached hydrogens (tertiary/aromatic N) is 4. The predicted octanol–water partition coefficient (Wildman–Crippen LogP) is 1.10. The van der Waals surface area contributed by atoms with Crippen molar-refractivity contribution in [1.82, 2.24) is 25.3 Å². The van der Waals surface area contributed by atoms with Crippen molar-refractivity contribution in [3.63, 3.8) is 0 Å². The highest BCUT2D eigenvalue weighted by atomic mass is 16.5. The van der Waals surface area contributed by atoms with Gasteiger partial charge in [0.15, 0.2) is 5.82 Å². The maximum atomic E-state index is 12.7. The number of rotatable bonds is 4. The van der Waals surface area contributed by atoms with Crippen LogP contribution in [-0.2, 0) is 11.2 Å². The number of carbonyl (C=O) groups excluding carboxylic acids is 2. The Morgan fingerprint density at radius 2 is 2.09 bits per heavy atom. The molecule has 8 nitrogen and oxygen atoms in total. The molecule has 3 heterocycles. The van der Waals surface area contributed by atoms with Gasteiger partial charge in [-0.3, -0.25) is 14.6 Å². The molecule has 0 saturated carbocycles. The summed E-state index contributed by atoms with van der Waals surface area (Å²) in [6.07, 6.45) is 1.32. The van der Waals surface area contributed by atoms with Crippen LogP contribution in [0.25, 0.3) is 0 Å². The zero-order chi connectivity index (χ0) is 16.8. The van der Waals surface area contributed by atoms with Gasteiger partial charge < -0.3 is 9.84 Å². The SMILES string of the molecule is CCc1noc(C(C)N2CCC3(C2)NC(=O)N(C(C)C)C3=O)n1. The smallest absolute Gasteiger partial charge is 0.325 e. The van der Waals surface area contributed by atoms with E-state index in [1.165, 1.54) is 4.90 Å². The summed E-state index contributed by atoms with van der Waals surface area (Å²) in [6, 6.07) is -0.526. The predicted molar refractivity (Wildman–Crippen MR) is 81.5 cm³/mol. The summed E-state index contributed by atoms with van der Waals surface area (Å²) in [5.41, 5.74) is -0.816. The minimum absolute atomic E-state index is 0.0834. The first-order valence-corrected chi connectivity index (χ1v) is 8.10. The van der Waals surface area contributed by atoms with E-state index in [-0.39, 0.29) is 24.0 Å². The van der Waals surface area contributed by atoms with Gasteiger partial charge in [0.2, 0.25) is 5.89 Å². The van der Waals surface area contributed by atoms with Crippen LogP contribution >= 0.6 is 0 Å². The fourth-order valence-corrected chi connectivity index (χ4v) is 3.29. The number of hydrogen-bond donors (Lipinski definition) is 1. The standard InChI is InChI=1S/C15H23N5O3/c1-5-11-16-12(23-18-11)10(4)19-7-6-15(8-19)13(21)20(9(2)3)14(22)17-15/h9-10H,5-8H2,1-4H3,(H,17,22). The molecule has 1 aromatic rings. The zero-order valence-corrected chi connectivity index (χ0v) is 14.0. The Labute approximate surface area is 135 Å². The molecule has 3 amide bonds. The third kappa shape index (κ3) is 2.50. The number of nitrogens with one attached hydrogen (secondary N) is 1. The molecule has 2 aliphatic heterocycles. The second-order valence-corrected chi connectivity index (χ2v) is 6.58. The molecule has 1 aromatic heterocycles. The molecule has 23 heavy (non-hydrogen) atoms. The van der Waals surface area contributed by atoms with E-state index < -0.39 is 5.54 Å². The monoisotopic (exact) mass is 321 g/mol. The molecule has 2 fully saturated rings. The lowest BCUT2D eigenvalue weighted by atomic mass is 9.98. The fraction of sp³-hybridized carbons (Fsp3) is 0.733. The summed E-state index contributed by atoms with van der Waals surface area (Å²) >= 11 is 0. The first-order chi connectivity index (χ1) is 10.9. The maximum Gasteiger partial charge on any atom is 0.325 e. The van der Waals surface area contributed by atoms with Crippen molar-refractivity contribution < 1.29 is 14.1 Å². The molecular weight excluding hydrogens is 298 g/mol. The molecule has 0 radical (unpaired) electrons. The number of carbonyl (C=O) groups is 2. The van der Waals surface area contributed by atoms with Crippen LogP contribution in [0.15, 0.2) is 4.52 Å². The molecule has 3 rings (SSSR count). The Balaban J connectivity index is 1.75. The third-order valence-electron chi connectivity index (χ3n) is 4.71. The average molecular weight is 321 g/mol. The number of likely N-dealkylation sites (tertiary alicyclic amines) is 1. The van der Waals surface area contributed by atoms with Crippen LogP contribution in [0.3, 0.4) is 0 Å². The second kappa shape index (κ2) is 5.59. The van der Waals surface area contributed by atoms with Crippen LogP contribution in [0.5, 0.6) is 0 Å². The van der Waals surface area contributed by atoms with Gasteiger partial charge in [-0.1, -0.05) is 12.1 Å². The summed E-state index contributed by atoms with van der Waals surface area (Å²) in [5.74, 6) is 1.10. The summed E-state index contributed by atoms with van der Waals surface area (Å²) in [6.45, 7) is 8.80. The molecular formula is C15H23N5O3. The van der Waals surface area contributed by atoms with Crippen LogP contribution in [0.2, 0.25) is 0 Å². The van der Waals surface area contributed by atoms with Crippen molar-refractivity contribution in [1.29, 1.82) is 0 Å². The minimum Gasteiger partial charge on any atom is -0.338 e. The van der Waals surface area contributed by atoms with E-state index in [2.05, 4.69) is 20.4 Å². The van der Waals surface area contributed by atoms with E-state index in [1.807, 2.05) is 27.7 Å². The van der Waals surface area contributed by atoms with Gasteiger partial charge in [0.25, 0.3) is 5.91 Å². The Bertz CT molecular complexity index is 628. The molecule has 2 saturated heterocycles. The second-order valence-electron chi connectivity index (χ2n) is 6.58. The van der Waals surface area contributed by atoms with Crippen molar-refractivity contribution in [3.05, 3.63) is 11.7 Å². The van der Waals surface area contributed by atoms with Crippen molar-refractivity contribution >= 4 is 11.9 Å². The van der Waals surface area contributed by atoms with Gasteiger partial charge >= 0.3 is 6.03 Å². The quantitative estimate of drug-likeness (QED) is 0.835. The normalized spacial score (nSPS) is 26.6. The number of aryl methyl sites for hydroxylation is 1. The highest BCUT2D eigenvalue weighted by Crippen LogP contribution is 2.34. The van der Waals surface area contributed by atoms with Gasteiger partial charge in [0.1, 0.15) is 5.54 Å². The Morgan fingerprint density at radius 3 is 2.65 bits per heavy atom. The lowest BCUT2D eigenvalue weighted by Crippen LogP contribution is -2.49. The molecule has 126 valence electrons. The van der Waals surface area contributed by atoms with E-state index in [1.54, 1.807) is 0 Å². The summed E-state index contributed by atoms with van der Waals surface area (Å²) in [7, 11) is 0. The first-order valence-electron chi connectivity index (χ1n) is 8.10. The Hall–Kier alpha value is -1.96. The Morgan fingerprint density at radius 1 is 1.35 bits per heavy atom. The Kier molecular flexibility index (Phi) is 3.87. The van der Waals surface area contributed by atoms with E-state index in [9.17, 15) is 9.59 Å². The minimum atomic E-state index is -0.816. The van der Waals surface area contributed by atoms with E-state index in [0.717, 1.165) is 6.42 Å². The number of imide groups is 1. The molecule has 0 aromatic carbocycles. The molecule has 1 spiro atoms. The average Bonchev–Trinajstić information content (AvgIpc) is 3.18. The topological polar surface area (TPSA) is 91.6 Å². The molecule has 8 heteroatoms. The van der Waals surface area contributed by atoms with Crippen molar-refractivity contribution in [2.24, 2.45) is 0 Å². The number of hydrogen-bond acceptors (Lipinski definition) is 6. The summed E-state index contributed by atoms with van der Waals surface area (Å²) in [5, 5.41) is 6.81. The largest absolute Gasteiger partial charge is 0.338 e. The lowest BCUT2D eigenvalue weighted by molar-refractivity contribution is -0.132. The van der Waals surface area contributed by atoms with Gasteiger partial charge in [0, 0.05) is 25.6 Å². The molecule has 2 unspecified atom stereocenters. The first kappa shape index (κ1) is 15.9. The van der Waals surface area contributed by atoms with Crippen molar-refractivity contribution in [2.45, 2.75) is 58.2 Å². The van der Waals surface area contributed by atoms with E-state index >= 15 is 0 Å².